The Kier molecular flexibility index (Phi) is 2.49. The van der Waals surface area contributed by atoms with Crippen molar-refractivity contribution in [1.29, 1.82) is 0 Å². The number of rotatable bonds is 1. The molecule has 108 valence electrons. The maximum Gasteiger partial charge on any atom is 0.156 e. The van der Waals surface area contributed by atoms with E-state index in [4.69, 9.17) is 10.1 Å². The van der Waals surface area contributed by atoms with E-state index >= 15 is 0 Å². The molecule has 0 fully saturated rings. The van der Waals surface area contributed by atoms with Crippen LogP contribution in [0.2, 0.25) is 0 Å². The zero-order valence-corrected chi connectivity index (χ0v) is 12.6. The van der Waals surface area contributed by atoms with Gasteiger partial charge in [-0.25, -0.2) is 9.97 Å². The molecule has 21 heavy (non-hydrogen) atoms. The van der Waals surface area contributed by atoms with E-state index in [-0.39, 0.29) is 0 Å². The molecular formula is C16H19N5. The van der Waals surface area contributed by atoms with Crippen LogP contribution in [0.1, 0.15) is 31.5 Å². The van der Waals surface area contributed by atoms with Crippen LogP contribution in [0.25, 0.3) is 22.6 Å². The largest absolute Gasteiger partial charge is 0.345 e. The van der Waals surface area contributed by atoms with Crippen LogP contribution < -0.4 is 0 Å². The standard InChI is InChI=1S/C16H19N5/c1-16(2)6-4-13-10(8-16)14(20-21(13)3)12-9-18-15-11(19-12)5-7-17-15/h5,7,9H,4,6,8H2,1-3H3,(H,17,18). The maximum atomic E-state index is 4.72. The van der Waals surface area contributed by atoms with Gasteiger partial charge >= 0.3 is 0 Å². The van der Waals surface area contributed by atoms with E-state index in [1.54, 1.807) is 0 Å². The lowest BCUT2D eigenvalue weighted by Crippen LogP contribution is -2.22. The number of hydrogen-bond donors (Lipinski definition) is 1. The number of nitrogens with zero attached hydrogens (tertiary/aromatic N) is 4. The van der Waals surface area contributed by atoms with Crippen LogP contribution in [0.4, 0.5) is 0 Å². The number of aryl methyl sites for hydroxylation is 1. The highest BCUT2D eigenvalue weighted by Gasteiger charge is 2.31. The van der Waals surface area contributed by atoms with Gasteiger partial charge in [0.1, 0.15) is 16.9 Å². The molecule has 0 bridgehead atoms. The summed E-state index contributed by atoms with van der Waals surface area (Å²) >= 11 is 0. The summed E-state index contributed by atoms with van der Waals surface area (Å²) in [5.74, 6) is 0. The average Bonchev–Trinajstić information content (AvgIpc) is 3.01. The molecule has 1 aliphatic rings. The zero-order chi connectivity index (χ0) is 14.6. The molecule has 0 saturated heterocycles. The second kappa shape index (κ2) is 4.16. The highest BCUT2D eigenvalue weighted by atomic mass is 15.3. The fraction of sp³-hybridized carbons (Fsp3) is 0.438. The molecule has 3 aromatic heterocycles. The normalized spacial score (nSPS) is 17.1. The lowest BCUT2D eigenvalue weighted by atomic mass is 9.75. The summed E-state index contributed by atoms with van der Waals surface area (Å²) in [4.78, 5) is 12.2. The summed E-state index contributed by atoms with van der Waals surface area (Å²) in [5, 5.41) is 4.72. The van der Waals surface area contributed by atoms with E-state index in [0.717, 1.165) is 35.4 Å². The molecule has 0 aliphatic heterocycles. The van der Waals surface area contributed by atoms with E-state index in [2.05, 4.69) is 23.8 Å². The van der Waals surface area contributed by atoms with Gasteiger partial charge in [0.15, 0.2) is 5.65 Å². The summed E-state index contributed by atoms with van der Waals surface area (Å²) < 4.78 is 2.02. The summed E-state index contributed by atoms with van der Waals surface area (Å²) in [6, 6.07) is 1.95. The molecule has 0 unspecified atom stereocenters. The average molecular weight is 281 g/mol. The van der Waals surface area contributed by atoms with Gasteiger partial charge < -0.3 is 4.98 Å². The van der Waals surface area contributed by atoms with E-state index < -0.39 is 0 Å². The van der Waals surface area contributed by atoms with Gasteiger partial charge in [0.2, 0.25) is 0 Å². The van der Waals surface area contributed by atoms with E-state index in [0.29, 0.717) is 5.41 Å². The number of nitrogens with one attached hydrogen (secondary N) is 1. The van der Waals surface area contributed by atoms with Crippen LogP contribution in [0.5, 0.6) is 0 Å². The minimum atomic E-state index is 0.330. The molecule has 0 aromatic carbocycles. The second-order valence-electron chi connectivity index (χ2n) is 6.71. The predicted molar refractivity (Wildman–Crippen MR) is 81.9 cm³/mol. The van der Waals surface area contributed by atoms with Gasteiger partial charge in [0.25, 0.3) is 0 Å². The molecule has 0 atom stereocenters. The minimum absolute atomic E-state index is 0.330. The monoisotopic (exact) mass is 281 g/mol. The minimum Gasteiger partial charge on any atom is -0.345 e. The number of fused-ring (bicyclic) bond motifs is 2. The van der Waals surface area contributed by atoms with E-state index in [1.807, 2.05) is 30.2 Å². The van der Waals surface area contributed by atoms with Crippen molar-refractivity contribution < 1.29 is 0 Å². The van der Waals surface area contributed by atoms with Gasteiger partial charge in [0.05, 0.1) is 6.20 Å². The van der Waals surface area contributed by atoms with Crippen molar-refractivity contribution in [3.63, 3.8) is 0 Å². The van der Waals surface area contributed by atoms with Gasteiger partial charge in [0, 0.05) is 24.5 Å². The Morgan fingerprint density at radius 2 is 2.19 bits per heavy atom. The molecule has 5 nitrogen and oxygen atoms in total. The quantitative estimate of drug-likeness (QED) is 0.746. The molecule has 0 amide bonds. The first-order valence-electron chi connectivity index (χ1n) is 7.39. The van der Waals surface area contributed by atoms with Crippen LogP contribution in [0.15, 0.2) is 18.5 Å². The summed E-state index contributed by atoms with van der Waals surface area (Å²) in [6.45, 7) is 4.65. The van der Waals surface area contributed by atoms with Gasteiger partial charge in [-0.15, -0.1) is 0 Å². The molecule has 5 heteroatoms. The van der Waals surface area contributed by atoms with Gasteiger partial charge in [-0.2, -0.15) is 5.10 Å². The fourth-order valence-corrected chi connectivity index (χ4v) is 3.28. The Balaban J connectivity index is 1.88. The number of hydrogen-bond acceptors (Lipinski definition) is 3. The Labute approximate surface area is 123 Å². The summed E-state index contributed by atoms with van der Waals surface area (Å²) in [6.07, 6.45) is 7.04. The zero-order valence-electron chi connectivity index (χ0n) is 12.6. The smallest absolute Gasteiger partial charge is 0.156 e. The SMILES string of the molecule is Cn1nc(-c2cnc3[nH]ccc3n2)c2c1CCC(C)(C)C2. The lowest BCUT2D eigenvalue weighted by Gasteiger charge is -2.29. The summed E-state index contributed by atoms with van der Waals surface area (Å²) in [5.41, 5.74) is 6.60. The molecule has 3 heterocycles. The van der Waals surface area contributed by atoms with Crippen LogP contribution in [0.3, 0.4) is 0 Å². The van der Waals surface area contributed by atoms with Crippen molar-refractivity contribution in [3.8, 4) is 11.4 Å². The van der Waals surface area contributed by atoms with E-state index in [1.165, 1.54) is 17.7 Å². The van der Waals surface area contributed by atoms with Crippen LogP contribution in [0, 0.1) is 5.41 Å². The Bertz CT molecular complexity index is 824. The molecule has 0 saturated carbocycles. The van der Waals surface area contributed by atoms with Crippen molar-refractivity contribution >= 4 is 11.2 Å². The topological polar surface area (TPSA) is 59.4 Å². The third-order valence-electron chi connectivity index (χ3n) is 4.47. The van der Waals surface area contributed by atoms with Crippen LogP contribution in [-0.4, -0.2) is 24.7 Å². The second-order valence-corrected chi connectivity index (χ2v) is 6.71. The first kappa shape index (κ1) is 12.6. The Morgan fingerprint density at radius 1 is 1.33 bits per heavy atom. The number of aromatic amines is 1. The lowest BCUT2D eigenvalue weighted by molar-refractivity contribution is 0.311. The maximum absolute atomic E-state index is 4.72. The van der Waals surface area contributed by atoms with Crippen molar-refractivity contribution in [2.24, 2.45) is 12.5 Å². The third kappa shape index (κ3) is 1.95. The van der Waals surface area contributed by atoms with Crippen LogP contribution >= 0.6 is 0 Å². The highest BCUT2D eigenvalue weighted by Crippen LogP contribution is 2.38. The van der Waals surface area contributed by atoms with Crippen LogP contribution in [-0.2, 0) is 19.9 Å². The number of H-pyrrole nitrogens is 1. The number of aromatic nitrogens is 5. The molecule has 0 radical (unpaired) electrons. The summed E-state index contributed by atoms with van der Waals surface area (Å²) in [7, 11) is 2.03. The van der Waals surface area contributed by atoms with Gasteiger partial charge in [-0.3, -0.25) is 4.68 Å². The molecular weight excluding hydrogens is 262 g/mol. The van der Waals surface area contributed by atoms with Gasteiger partial charge in [-0.05, 0) is 30.7 Å². The predicted octanol–water partition coefficient (Wildman–Crippen LogP) is 2.87. The molecule has 1 N–H and O–H groups in total. The van der Waals surface area contributed by atoms with Crippen molar-refractivity contribution in [2.75, 3.05) is 0 Å². The highest BCUT2D eigenvalue weighted by molar-refractivity contribution is 5.74. The van der Waals surface area contributed by atoms with Crippen molar-refractivity contribution in [2.45, 2.75) is 33.1 Å². The fourth-order valence-electron chi connectivity index (χ4n) is 3.28. The molecule has 1 aliphatic carbocycles. The Morgan fingerprint density at radius 3 is 3.05 bits per heavy atom. The molecule has 0 spiro atoms. The molecule has 3 aromatic rings. The Hall–Kier alpha value is -2.17. The van der Waals surface area contributed by atoms with Crippen molar-refractivity contribution in [3.05, 3.63) is 29.7 Å². The third-order valence-corrected chi connectivity index (χ3v) is 4.47. The van der Waals surface area contributed by atoms with Gasteiger partial charge in [-0.1, -0.05) is 13.8 Å². The first-order chi connectivity index (χ1) is 10.0. The first-order valence-corrected chi connectivity index (χ1v) is 7.39. The molecule has 4 rings (SSSR count). The van der Waals surface area contributed by atoms with E-state index in [9.17, 15) is 0 Å². The van der Waals surface area contributed by atoms with Crippen molar-refractivity contribution in [1.82, 2.24) is 24.7 Å².